The zero-order valence-electron chi connectivity index (χ0n) is 10.4. The first-order valence-corrected chi connectivity index (χ1v) is 5.59. The number of carbonyl (C=O) groups is 1. The van der Waals surface area contributed by atoms with Gasteiger partial charge in [-0.05, 0) is 31.5 Å². The summed E-state index contributed by atoms with van der Waals surface area (Å²) in [5, 5.41) is 11.4. The number of hydrogen-bond acceptors (Lipinski definition) is 3. The largest absolute Gasteiger partial charge is 0.382 e. The molecule has 0 bridgehead atoms. The van der Waals surface area contributed by atoms with Gasteiger partial charge >= 0.3 is 0 Å². The molecule has 0 spiro atoms. The van der Waals surface area contributed by atoms with Crippen molar-refractivity contribution in [3.05, 3.63) is 29.6 Å². The Labute approximate surface area is 105 Å². The molecular weight excluding hydrogens is 235 g/mol. The van der Waals surface area contributed by atoms with Crippen molar-refractivity contribution in [3.8, 4) is 6.07 Å². The van der Waals surface area contributed by atoms with E-state index >= 15 is 0 Å². The van der Waals surface area contributed by atoms with E-state index < -0.39 is 5.82 Å². The molecule has 0 saturated heterocycles. The second-order valence-electron chi connectivity index (χ2n) is 3.93. The van der Waals surface area contributed by atoms with Gasteiger partial charge in [0.25, 0.3) is 0 Å². The maximum atomic E-state index is 12.9. The van der Waals surface area contributed by atoms with Gasteiger partial charge in [0.05, 0.1) is 17.4 Å². The predicted molar refractivity (Wildman–Crippen MR) is 65.4 cm³/mol. The average Bonchev–Trinajstić information content (AvgIpc) is 2.37. The third kappa shape index (κ3) is 4.15. The Morgan fingerprint density at radius 1 is 1.61 bits per heavy atom. The van der Waals surface area contributed by atoms with Crippen LogP contribution in [0.2, 0.25) is 0 Å². The second-order valence-corrected chi connectivity index (χ2v) is 3.93. The van der Waals surface area contributed by atoms with Gasteiger partial charge < -0.3 is 10.1 Å². The van der Waals surface area contributed by atoms with Crippen LogP contribution in [0.1, 0.15) is 25.3 Å². The zero-order valence-corrected chi connectivity index (χ0v) is 10.4. The molecule has 0 heterocycles. The van der Waals surface area contributed by atoms with Crippen LogP contribution in [0.5, 0.6) is 0 Å². The lowest BCUT2D eigenvalue weighted by atomic mass is 10.1. The van der Waals surface area contributed by atoms with Crippen molar-refractivity contribution in [2.75, 3.05) is 12.4 Å². The molecule has 1 aromatic rings. The molecule has 1 rings (SSSR count). The van der Waals surface area contributed by atoms with Crippen molar-refractivity contribution >= 4 is 11.6 Å². The van der Waals surface area contributed by atoms with E-state index in [1.54, 1.807) is 7.11 Å². The van der Waals surface area contributed by atoms with E-state index in [9.17, 15) is 9.18 Å². The van der Waals surface area contributed by atoms with Gasteiger partial charge in [0.1, 0.15) is 11.9 Å². The molecule has 4 nitrogen and oxygen atoms in total. The molecule has 5 heteroatoms. The number of rotatable bonds is 5. The number of anilines is 1. The molecule has 0 radical (unpaired) electrons. The van der Waals surface area contributed by atoms with Crippen LogP contribution in [-0.2, 0) is 9.53 Å². The van der Waals surface area contributed by atoms with Crippen LogP contribution in [0.3, 0.4) is 0 Å². The minimum Gasteiger partial charge on any atom is -0.382 e. The van der Waals surface area contributed by atoms with E-state index in [2.05, 4.69) is 5.32 Å². The maximum Gasteiger partial charge on any atom is 0.224 e. The number of halogens is 1. The minimum atomic E-state index is -0.502. The Balaban J connectivity index is 2.62. The van der Waals surface area contributed by atoms with Crippen LogP contribution in [-0.4, -0.2) is 19.1 Å². The SMILES string of the molecule is COC(C)CCC(=O)Nc1ccc(F)cc1C#N. The number of nitrogens with zero attached hydrogens (tertiary/aromatic N) is 1. The van der Waals surface area contributed by atoms with Crippen LogP contribution in [0, 0.1) is 17.1 Å². The molecule has 18 heavy (non-hydrogen) atoms. The molecule has 1 aromatic carbocycles. The Hall–Kier alpha value is -1.93. The third-order valence-corrected chi connectivity index (χ3v) is 2.56. The third-order valence-electron chi connectivity index (χ3n) is 2.56. The number of ether oxygens (including phenoxy) is 1. The molecule has 0 saturated carbocycles. The normalized spacial score (nSPS) is 11.7. The molecule has 0 aromatic heterocycles. The van der Waals surface area contributed by atoms with Crippen LogP contribution >= 0.6 is 0 Å². The van der Waals surface area contributed by atoms with E-state index in [1.807, 2.05) is 13.0 Å². The van der Waals surface area contributed by atoms with Crippen LogP contribution in [0.4, 0.5) is 10.1 Å². The topological polar surface area (TPSA) is 62.1 Å². The highest BCUT2D eigenvalue weighted by Crippen LogP contribution is 2.16. The second kappa shape index (κ2) is 6.72. The molecule has 0 aliphatic rings. The van der Waals surface area contributed by atoms with Gasteiger partial charge in [-0.1, -0.05) is 0 Å². The average molecular weight is 250 g/mol. The van der Waals surface area contributed by atoms with Crippen molar-refractivity contribution in [1.82, 2.24) is 0 Å². The summed E-state index contributed by atoms with van der Waals surface area (Å²) in [5.41, 5.74) is 0.442. The standard InChI is InChI=1S/C13H15FN2O2/c1-9(18-2)3-6-13(17)16-12-5-4-11(14)7-10(12)8-15/h4-5,7,9H,3,6H2,1-2H3,(H,16,17). The van der Waals surface area contributed by atoms with Gasteiger partial charge in [0, 0.05) is 13.5 Å². The van der Waals surface area contributed by atoms with Crippen LogP contribution in [0.25, 0.3) is 0 Å². The predicted octanol–water partition coefficient (Wildman–Crippen LogP) is 2.45. The van der Waals surface area contributed by atoms with Gasteiger partial charge in [0.15, 0.2) is 0 Å². The van der Waals surface area contributed by atoms with E-state index in [4.69, 9.17) is 10.00 Å². The summed E-state index contributed by atoms with van der Waals surface area (Å²) in [6, 6.07) is 5.51. The van der Waals surface area contributed by atoms with Gasteiger partial charge in [-0.3, -0.25) is 4.79 Å². The highest BCUT2D eigenvalue weighted by Gasteiger charge is 2.09. The molecule has 1 unspecified atom stereocenters. The number of carbonyl (C=O) groups excluding carboxylic acids is 1. The Bertz CT molecular complexity index is 469. The molecule has 1 N–H and O–H groups in total. The lowest BCUT2D eigenvalue weighted by molar-refractivity contribution is -0.116. The number of benzene rings is 1. The molecule has 0 fully saturated rings. The van der Waals surface area contributed by atoms with E-state index in [0.29, 0.717) is 12.1 Å². The fourth-order valence-electron chi connectivity index (χ4n) is 1.38. The van der Waals surface area contributed by atoms with Crippen LogP contribution < -0.4 is 5.32 Å². The quantitative estimate of drug-likeness (QED) is 0.873. The fraction of sp³-hybridized carbons (Fsp3) is 0.385. The molecule has 96 valence electrons. The monoisotopic (exact) mass is 250 g/mol. The summed E-state index contributed by atoms with van der Waals surface area (Å²) >= 11 is 0. The lowest BCUT2D eigenvalue weighted by Crippen LogP contribution is -2.15. The molecule has 1 atom stereocenters. The molecular formula is C13H15FN2O2. The van der Waals surface area contributed by atoms with Gasteiger partial charge in [-0.25, -0.2) is 4.39 Å². The first kappa shape index (κ1) is 14.1. The smallest absolute Gasteiger partial charge is 0.224 e. The minimum absolute atomic E-state index is 0.000551. The van der Waals surface area contributed by atoms with Gasteiger partial charge in [-0.2, -0.15) is 5.26 Å². The summed E-state index contributed by atoms with van der Waals surface area (Å²) in [4.78, 5) is 11.6. The number of nitrogens with one attached hydrogen (secondary N) is 1. The summed E-state index contributed by atoms with van der Waals surface area (Å²) in [6.45, 7) is 1.87. The maximum absolute atomic E-state index is 12.9. The molecule has 0 aliphatic heterocycles. The van der Waals surface area contributed by atoms with Crippen LogP contribution in [0.15, 0.2) is 18.2 Å². The summed E-state index contributed by atoms with van der Waals surface area (Å²) in [6.07, 6.45) is 0.877. The number of amides is 1. The lowest BCUT2D eigenvalue weighted by Gasteiger charge is -2.10. The van der Waals surface area contributed by atoms with Crippen molar-refractivity contribution < 1.29 is 13.9 Å². The van der Waals surface area contributed by atoms with Crippen molar-refractivity contribution in [3.63, 3.8) is 0 Å². The van der Waals surface area contributed by atoms with Gasteiger partial charge in [-0.15, -0.1) is 0 Å². The Morgan fingerprint density at radius 2 is 2.33 bits per heavy atom. The van der Waals surface area contributed by atoms with Crippen molar-refractivity contribution in [2.24, 2.45) is 0 Å². The van der Waals surface area contributed by atoms with Crippen molar-refractivity contribution in [2.45, 2.75) is 25.9 Å². The van der Waals surface area contributed by atoms with Gasteiger partial charge in [0.2, 0.25) is 5.91 Å². The molecule has 0 aliphatic carbocycles. The number of methoxy groups -OCH3 is 1. The summed E-state index contributed by atoms with van der Waals surface area (Å²) in [7, 11) is 1.58. The first-order chi connectivity index (χ1) is 8.56. The number of nitriles is 1. The fourth-order valence-corrected chi connectivity index (χ4v) is 1.38. The first-order valence-electron chi connectivity index (χ1n) is 5.59. The Morgan fingerprint density at radius 3 is 2.94 bits per heavy atom. The molecule has 1 amide bonds. The Kier molecular flexibility index (Phi) is 5.28. The summed E-state index contributed by atoms with van der Waals surface area (Å²) in [5.74, 6) is -0.723. The van der Waals surface area contributed by atoms with E-state index in [1.165, 1.54) is 12.1 Å². The highest BCUT2D eigenvalue weighted by atomic mass is 19.1. The number of hydrogen-bond donors (Lipinski definition) is 1. The zero-order chi connectivity index (χ0) is 13.5. The van der Waals surface area contributed by atoms with E-state index in [-0.39, 0.29) is 24.0 Å². The highest BCUT2D eigenvalue weighted by molar-refractivity contribution is 5.92. The van der Waals surface area contributed by atoms with Crippen molar-refractivity contribution in [1.29, 1.82) is 5.26 Å². The van der Waals surface area contributed by atoms with E-state index in [0.717, 1.165) is 6.07 Å². The summed E-state index contributed by atoms with van der Waals surface area (Å²) < 4.78 is 17.9.